The topological polar surface area (TPSA) is 109 Å². The number of furan rings is 1. The van der Waals surface area contributed by atoms with Gasteiger partial charge < -0.3 is 14.3 Å². The van der Waals surface area contributed by atoms with Gasteiger partial charge in [-0.05, 0) is 12.1 Å². The second kappa shape index (κ2) is 5.70. The van der Waals surface area contributed by atoms with Crippen LogP contribution in [0, 0.1) is 0 Å². The van der Waals surface area contributed by atoms with Crippen molar-refractivity contribution in [1.82, 2.24) is 9.03 Å². The highest BCUT2D eigenvalue weighted by Crippen LogP contribution is 2.09. The Bertz CT molecular complexity index is 546. The molecule has 1 fully saturated rings. The van der Waals surface area contributed by atoms with Crippen molar-refractivity contribution in [2.24, 2.45) is 0 Å². The Morgan fingerprint density at radius 3 is 2.63 bits per heavy atom. The maximum atomic E-state index is 11.9. The molecule has 19 heavy (non-hydrogen) atoms. The molecule has 1 saturated heterocycles. The Kier molecular flexibility index (Phi) is 4.20. The molecule has 2 N–H and O–H groups in total. The third-order valence-electron chi connectivity index (χ3n) is 2.61. The van der Waals surface area contributed by atoms with Crippen LogP contribution in [0.1, 0.15) is 16.3 Å². The average Bonchev–Trinajstić information content (AvgIpc) is 2.87. The number of carboxylic acid groups (broad SMARTS) is 1. The zero-order valence-electron chi connectivity index (χ0n) is 10.0. The van der Waals surface area contributed by atoms with Crippen LogP contribution in [0.3, 0.4) is 0 Å². The highest BCUT2D eigenvalue weighted by molar-refractivity contribution is 7.87. The Balaban J connectivity index is 1.94. The molecule has 9 heteroatoms. The van der Waals surface area contributed by atoms with Gasteiger partial charge in [-0.3, -0.25) is 0 Å². The number of nitrogens with zero attached hydrogens (tertiary/aromatic N) is 1. The second-order valence-corrected chi connectivity index (χ2v) is 5.66. The van der Waals surface area contributed by atoms with E-state index in [1.165, 1.54) is 16.4 Å². The molecule has 0 spiro atoms. The third kappa shape index (κ3) is 3.53. The number of nitrogens with one attached hydrogen (secondary N) is 1. The van der Waals surface area contributed by atoms with E-state index in [2.05, 4.69) is 4.72 Å². The van der Waals surface area contributed by atoms with E-state index in [1.54, 1.807) is 0 Å². The number of hydrogen-bond donors (Lipinski definition) is 2. The van der Waals surface area contributed by atoms with Crippen molar-refractivity contribution in [2.45, 2.75) is 6.54 Å². The van der Waals surface area contributed by atoms with Crippen LogP contribution in [0.15, 0.2) is 16.5 Å². The van der Waals surface area contributed by atoms with E-state index in [4.69, 9.17) is 14.3 Å². The summed E-state index contributed by atoms with van der Waals surface area (Å²) >= 11 is 0. The lowest BCUT2D eigenvalue weighted by atomic mass is 10.4. The molecular formula is C10H14N2O6S. The molecule has 106 valence electrons. The molecule has 1 aliphatic heterocycles. The van der Waals surface area contributed by atoms with Crippen molar-refractivity contribution < 1.29 is 27.5 Å². The lowest BCUT2D eigenvalue weighted by Gasteiger charge is -2.25. The standard InChI is InChI=1S/C10H14N2O6S/c13-10(14)9-2-1-8(18-9)7-11-19(15,16)12-3-5-17-6-4-12/h1-2,11H,3-7H2,(H,13,14). The minimum atomic E-state index is -3.60. The monoisotopic (exact) mass is 290 g/mol. The fourth-order valence-corrected chi connectivity index (χ4v) is 2.77. The van der Waals surface area contributed by atoms with Crippen LogP contribution < -0.4 is 4.72 Å². The third-order valence-corrected chi connectivity index (χ3v) is 4.17. The van der Waals surface area contributed by atoms with Gasteiger partial charge in [0, 0.05) is 13.1 Å². The van der Waals surface area contributed by atoms with Crippen molar-refractivity contribution in [3.63, 3.8) is 0 Å². The van der Waals surface area contributed by atoms with Gasteiger partial charge in [0.2, 0.25) is 5.76 Å². The zero-order chi connectivity index (χ0) is 13.9. The molecule has 0 amide bonds. The highest BCUT2D eigenvalue weighted by Gasteiger charge is 2.24. The van der Waals surface area contributed by atoms with E-state index in [1.807, 2.05) is 0 Å². The summed E-state index contributed by atoms with van der Waals surface area (Å²) in [6.07, 6.45) is 0. The van der Waals surface area contributed by atoms with Crippen LogP contribution >= 0.6 is 0 Å². The summed E-state index contributed by atoms with van der Waals surface area (Å²) in [7, 11) is -3.60. The number of ether oxygens (including phenoxy) is 1. The lowest BCUT2D eigenvalue weighted by Crippen LogP contribution is -2.46. The predicted molar refractivity (Wildman–Crippen MR) is 63.8 cm³/mol. The minimum Gasteiger partial charge on any atom is -0.475 e. The summed E-state index contributed by atoms with van der Waals surface area (Å²) in [6.45, 7) is 1.24. The summed E-state index contributed by atoms with van der Waals surface area (Å²) < 4.78 is 37.5. The zero-order valence-corrected chi connectivity index (χ0v) is 10.9. The Hall–Kier alpha value is -1.42. The minimum absolute atomic E-state index is 0.0903. The fraction of sp³-hybridized carbons (Fsp3) is 0.500. The van der Waals surface area contributed by atoms with Gasteiger partial charge in [0.05, 0.1) is 19.8 Å². The summed E-state index contributed by atoms with van der Waals surface area (Å²) in [5.41, 5.74) is 0. The van der Waals surface area contributed by atoms with E-state index in [0.717, 1.165) is 0 Å². The molecule has 1 aliphatic rings. The first kappa shape index (κ1) is 14.0. The number of aromatic carboxylic acids is 1. The van der Waals surface area contributed by atoms with Gasteiger partial charge in [0.1, 0.15) is 5.76 Å². The molecule has 8 nitrogen and oxygen atoms in total. The van der Waals surface area contributed by atoms with Crippen molar-refractivity contribution >= 4 is 16.2 Å². The van der Waals surface area contributed by atoms with E-state index in [9.17, 15) is 13.2 Å². The van der Waals surface area contributed by atoms with Gasteiger partial charge in [-0.2, -0.15) is 17.4 Å². The Morgan fingerprint density at radius 1 is 1.37 bits per heavy atom. The first-order valence-corrected chi connectivity index (χ1v) is 7.07. The molecule has 0 aliphatic carbocycles. The molecule has 0 saturated carbocycles. The Labute approximate surface area is 110 Å². The van der Waals surface area contributed by atoms with Gasteiger partial charge >= 0.3 is 5.97 Å². The molecular weight excluding hydrogens is 276 g/mol. The van der Waals surface area contributed by atoms with Crippen LogP contribution in [0.4, 0.5) is 0 Å². The fourth-order valence-electron chi connectivity index (χ4n) is 1.63. The first-order chi connectivity index (χ1) is 8.99. The number of carbonyl (C=O) groups is 1. The molecule has 1 aromatic heterocycles. The normalized spacial score (nSPS) is 17.5. The molecule has 0 unspecified atom stereocenters. The van der Waals surface area contributed by atoms with E-state index >= 15 is 0 Å². The number of carboxylic acids is 1. The molecule has 0 atom stereocenters. The molecule has 0 aromatic carbocycles. The average molecular weight is 290 g/mol. The quantitative estimate of drug-likeness (QED) is 0.766. The predicted octanol–water partition coefficient (Wildman–Crippen LogP) is -0.356. The van der Waals surface area contributed by atoms with Crippen molar-refractivity contribution in [3.8, 4) is 0 Å². The summed E-state index contributed by atoms with van der Waals surface area (Å²) in [5, 5.41) is 8.68. The van der Waals surface area contributed by atoms with E-state index in [0.29, 0.717) is 26.3 Å². The molecule has 2 rings (SSSR count). The van der Waals surface area contributed by atoms with E-state index < -0.39 is 16.2 Å². The maximum absolute atomic E-state index is 11.9. The first-order valence-electron chi connectivity index (χ1n) is 5.63. The van der Waals surface area contributed by atoms with Crippen molar-refractivity contribution in [3.05, 3.63) is 23.7 Å². The van der Waals surface area contributed by atoms with Gasteiger partial charge in [0.15, 0.2) is 0 Å². The van der Waals surface area contributed by atoms with Crippen LogP contribution in [0.5, 0.6) is 0 Å². The maximum Gasteiger partial charge on any atom is 0.371 e. The van der Waals surface area contributed by atoms with Crippen LogP contribution in [0.25, 0.3) is 0 Å². The SMILES string of the molecule is O=C(O)c1ccc(CNS(=O)(=O)N2CCOCC2)o1. The molecule has 0 bridgehead atoms. The Morgan fingerprint density at radius 2 is 2.05 bits per heavy atom. The molecule has 2 heterocycles. The number of hydrogen-bond acceptors (Lipinski definition) is 5. The summed E-state index contributed by atoms with van der Waals surface area (Å²) in [5.74, 6) is -1.17. The van der Waals surface area contributed by atoms with Gasteiger partial charge in [-0.25, -0.2) is 4.79 Å². The van der Waals surface area contributed by atoms with Gasteiger partial charge in [-0.15, -0.1) is 0 Å². The van der Waals surface area contributed by atoms with Crippen molar-refractivity contribution in [1.29, 1.82) is 0 Å². The number of morpholine rings is 1. The molecule has 1 aromatic rings. The number of rotatable bonds is 5. The lowest BCUT2D eigenvalue weighted by molar-refractivity contribution is 0.0660. The van der Waals surface area contributed by atoms with Crippen LogP contribution in [0.2, 0.25) is 0 Å². The van der Waals surface area contributed by atoms with Gasteiger partial charge in [-0.1, -0.05) is 0 Å². The van der Waals surface area contributed by atoms with Crippen LogP contribution in [-0.4, -0.2) is 50.1 Å². The molecule has 0 radical (unpaired) electrons. The second-order valence-electron chi connectivity index (χ2n) is 3.91. The van der Waals surface area contributed by atoms with E-state index in [-0.39, 0.29) is 18.1 Å². The smallest absolute Gasteiger partial charge is 0.371 e. The van der Waals surface area contributed by atoms with Crippen molar-refractivity contribution in [2.75, 3.05) is 26.3 Å². The van der Waals surface area contributed by atoms with Crippen LogP contribution in [-0.2, 0) is 21.5 Å². The highest BCUT2D eigenvalue weighted by atomic mass is 32.2. The van der Waals surface area contributed by atoms with Gasteiger partial charge in [0.25, 0.3) is 10.2 Å². The summed E-state index contributed by atoms with van der Waals surface area (Å²) in [4.78, 5) is 10.6. The largest absolute Gasteiger partial charge is 0.475 e. The summed E-state index contributed by atoms with van der Waals surface area (Å²) in [6, 6.07) is 2.70.